The van der Waals surface area contributed by atoms with Gasteiger partial charge in [0.05, 0.1) is 17.1 Å². The number of nitrogens with zero attached hydrogens (tertiary/aromatic N) is 1. The average molecular weight is 179 g/mol. The van der Waals surface area contributed by atoms with Crippen molar-refractivity contribution in [1.29, 1.82) is 0 Å². The topological polar surface area (TPSA) is 54.7 Å². The first-order valence-corrected chi connectivity index (χ1v) is 4.07. The molecule has 4 heteroatoms. The number of nitrogens with two attached hydrogens (primary N) is 1. The van der Waals surface area contributed by atoms with Crippen molar-refractivity contribution in [2.24, 2.45) is 5.73 Å². The fourth-order valence-electron chi connectivity index (χ4n) is 1.22. The van der Waals surface area contributed by atoms with E-state index in [0.717, 1.165) is 5.52 Å². The van der Waals surface area contributed by atoms with E-state index in [2.05, 4.69) is 9.97 Å². The first-order chi connectivity index (χ1) is 6.16. The number of hydrogen-bond acceptors (Lipinski definition) is 2. The van der Waals surface area contributed by atoms with Gasteiger partial charge in [0.25, 0.3) is 0 Å². The Hall–Kier alpha value is -1.42. The van der Waals surface area contributed by atoms with Crippen LogP contribution in [-0.2, 0) is 0 Å². The maximum Gasteiger partial charge on any atom is 0.125 e. The summed E-state index contributed by atoms with van der Waals surface area (Å²) in [5.41, 5.74) is 7.06. The number of imidazole rings is 1. The summed E-state index contributed by atoms with van der Waals surface area (Å²) >= 11 is 0. The van der Waals surface area contributed by atoms with E-state index in [4.69, 9.17) is 5.73 Å². The van der Waals surface area contributed by atoms with Gasteiger partial charge in [-0.15, -0.1) is 0 Å². The third kappa shape index (κ3) is 1.40. The van der Waals surface area contributed by atoms with Crippen molar-refractivity contribution in [3.63, 3.8) is 0 Å². The molecule has 0 aliphatic carbocycles. The molecule has 0 aliphatic heterocycles. The highest BCUT2D eigenvalue weighted by atomic mass is 19.1. The third-order valence-corrected chi connectivity index (χ3v) is 1.89. The minimum atomic E-state index is -0.271. The van der Waals surface area contributed by atoms with Crippen LogP contribution in [0.25, 0.3) is 11.0 Å². The largest absolute Gasteiger partial charge is 0.341 e. The molecule has 0 spiro atoms. The Morgan fingerprint density at radius 1 is 1.54 bits per heavy atom. The predicted octanol–water partition coefficient (Wildman–Crippen LogP) is 1.72. The van der Waals surface area contributed by atoms with Crippen LogP contribution in [0.1, 0.15) is 18.8 Å². The van der Waals surface area contributed by atoms with Gasteiger partial charge in [0.1, 0.15) is 11.6 Å². The summed E-state index contributed by atoms with van der Waals surface area (Å²) < 4.78 is 12.8. The van der Waals surface area contributed by atoms with Crippen LogP contribution >= 0.6 is 0 Å². The number of aromatic amines is 1. The maximum absolute atomic E-state index is 12.8. The van der Waals surface area contributed by atoms with Crippen LogP contribution in [0.2, 0.25) is 0 Å². The van der Waals surface area contributed by atoms with E-state index in [1.165, 1.54) is 12.1 Å². The Labute approximate surface area is 74.8 Å². The molecule has 0 saturated heterocycles. The van der Waals surface area contributed by atoms with E-state index in [1.807, 2.05) is 6.92 Å². The first kappa shape index (κ1) is 8.19. The van der Waals surface area contributed by atoms with Crippen molar-refractivity contribution >= 4 is 11.0 Å². The number of aromatic nitrogens is 2. The molecule has 13 heavy (non-hydrogen) atoms. The molecule has 68 valence electrons. The van der Waals surface area contributed by atoms with Crippen LogP contribution in [0.3, 0.4) is 0 Å². The molecule has 2 aromatic rings. The molecule has 1 atom stereocenters. The number of benzene rings is 1. The van der Waals surface area contributed by atoms with Crippen LogP contribution in [-0.4, -0.2) is 9.97 Å². The van der Waals surface area contributed by atoms with Gasteiger partial charge in [-0.25, -0.2) is 9.37 Å². The molecular weight excluding hydrogens is 169 g/mol. The second kappa shape index (κ2) is 2.81. The maximum atomic E-state index is 12.8. The number of H-pyrrole nitrogens is 1. The van der Waals surface area contributed by atoms with Crippen LogP contribution in [0.4, 0.5) is 4.39 Å². The molecule has 2 rings (SSSR count). The zero-order chi connectivity index (χ0) is 9.42. The molecule has 0 amide bonds. The summed E-state index contributed by atoms with van der Waals surface area (Å²) in [5.74, 6) is 0.410. The second-order valence-corrected chi connectivity index (χ2v) is 3.07. The lowest BCUT2D eigenvalue weighted by molar-refractivity contribution is 0.629. The Morgan fingerprint density at radius 3 is 3.00 bits per heavy atom. The molecule has 1 aromatic heterocycles. The first-order valence-electron chi connectivity index (χ1n) is 4.07. The Bertz CT molecular complexity index is 433. The SMILES string of the molecule is CC(N)c1nc2ccc(F)cc2[nH]1. The van der Waals surface area contributed by atoms with Crippen LogP contribution in [0, 0.1) is 5.82 Å². The Kier molecular flexibility index (Phi) is 1.77. The highest BCUT2D eigenvalue weighted by molar-refractivity contribution is 5.75. The smallest absolute Gasteiger partial charge is 0.125 e. The average Bonchev–Trinajstić information content (AvgIpc) is 2.46. The van der Waals surface area contributed by atoms with Gasteiger partial charge in [-0.05, 0) is 25.1 Å². The monoisotopic (exact) mass is 179 g/mol. The van der Waals surface area contributed by atoms with Gasteiger partial charge in [-0.3, -0.25) is 0 Å². The van der Waals surface area contributed by atoms with Crippen molar-refractivity contribution in [3.05, 3.63) is 29.8 Å². The van der Waals surface area contributed by atoms with Gasteiger partial charge in [0, 0.05) is 0 Å². The molecule has 0 fully saturated rings. The standard InChI is InChI=1S/C9H10FN3/c1-5(11)9-12-7-3-2-6(10)4-8(7)13-9/h2-5H,11H2,1H3,(H,12,13). The van der Waals surface area contributed by atoms with E-state index in [9.17, 15) is 4.39 Å². The van der Waals surface area contributed by atoms with Gasteiger partial charge in [0.15, 0.2) is 0 Å². The van der Waals surface area contributed by atoms with Gasteiger partial charge in [-0.1, -0.05) is 0 Å². The molecule has 1 aromatic carbocycles. The highest BCUT2D eigenvalue weighted by Crippen LogP contribution is 2.15. The molecule has 3 nitrogen and oxygen atoms in total. The van der Waals surface area contributed by atoms with Crippen LogP contribution in [0.15, 0.2) is 18.2 Å². The molecule has 0 radical (unpaired) electrons. The zero-order valence-electron chi connectivity index (χ0n) is 7.21. The highest BCUT2D eigenvalue weighted by Gasteiger charge is 2.06. The van der Waals surface area contributed by atoms with Crippen molar-refractivity contribution in [2.45, 2.75) is 13.0 Å². The number of fused-ring (bicyclic) bond motifs is 1. The fourth-order valence-corrected chi connectivity index (χ4v) is 1.22. The Balaban J connectivity index is 2.62. The minimum Gasteiger partial charge on any atom is -0.341 e. The molecular formula is C9H10FN3. The second-order valence-electron chi connectivity index (χ2n) is 3.07. The van der Waals surface area contributed by atoms with Gasteiger partial charge < -0.3 is 10.7 Å². The van der Waals surface area contributed by atoms with E-state index >= 15 is 0 Å². The lowest BCUT2D eigenvalue weighted by Crippen LogP contribution is -2.06. The lowest BCUT2D eigenvalue weighted by atomic mass is 10.3. The summed E-state index contributed by atoms with van der Waals surface area (Å²) in [6.07, 6.45) is 0. The van der Waals surface area contributed by atoms with E-state index < -0.39 is 0 Å². The van der Waals surface area contributed by atoms with Gasteiger partial charge >= 0.3 is 0 Å². The molecule has 1 heterocycles. The fraction of sp³-hybridized carbons (Fsp3) is 0.222. The van der Waals surface area contributed by atoms with Crippen molar-refractivity contribution < 1.29 is 4.39 Å². The van der Waals surface area contributed by atoms with E-state index in [1.54, 1.807) is 6.07 Å². The van der Waals surface area contributed by atoms with E-state index in [0.29, 0.717) is 11.3 Å². The summed E-state index contributed by atoms with van der Waals surface area (Å²) in [4.78, 5) is 7.17. The molecule has 0 saturated carbocycles. The van der Waals surface area contributed by atoms with Crippen LogP contribution < -0.4 is 5.73 Å². The molecule has 3 N–H and O–H groups in total. The quantitative estimate of drug-likeness (QED) is 0.700. The lowest BCUT2D eigenvalue weighted by Gasteiger charge is -1.96. The number of hydrogen-bond donors (Lipinski definition) is 2. The molecule has 1 unspecified atom stereocenters. The van der Waals surface area contributed by atoms with Gasteiger partial charge in [0.2, 0.25) is 0 Å². The minimum absolute atomic E-state index is 0.157. The van der Waals surface area contributed by atoms with Crippen molar-refractivity contribution in [2.75, 3.05) is 0 Å². The number of halogens is 1. The van der Waals surface area contributed by atoms with Crippen molar-refractivity contribution in [3.8, 4) is 0 Å². The summed E-state index contributed by atoms with van der Waals surface area (Å²) in [6.45, 7) is 1.83. The summed E-state index contributed by atoms with van der Waals surface area (Å²) in [7, 11) is 0. The zero-order valence-corrected chi connectivity index (χ0v) is 7.21. The number of rotatable bonds is 1. The molecule has 0 aliphatic rings. The normalized spacial score (nSPS) is 13.5. The van der Waals surface area contributed by atoms with Crippen LogP contribution in [0.5, 0.6) is 0 Å². The molecule has 0 bridgehead atoms. The summed E-state index contributed by atoms with van der Waals surface area (Å²) in [5, 5.41) is 0. The summed E-state index contributed by atoms with van der Waals surface area (Å²) in [6, 6.07) is 4.27. The predicted molar refractivity (Wildman–Crippen MR) is 48.7 cm³/mol. The van der Waals surface area contributed by atoms with Gasteiger partial charge in [-0.2, -0.15) is 0 Å². The van der Waals surface area contributed by atoms with Crippen molar-refractivity contribution in [1.82, 2.24) is 9.97 Å². The van der Waals surface area contributed by atoms with E-state index in [-0.39, 0.29) is 11.9 Å². The number of nitrogens with one attached hydrogen (secondary N) is 1. The third-order valence-electron chi connectivity index (χ3n) is 1.89. The Morgan fingerprint density at radius 2 is 2.31 bits per heavy atom.